The zero-order valence-corrected chi connectivity index (χ0v) is 11.8. The molecule has 0 unspecified atom stereocenters. The van der Waals surface area contributed by atoms with Gasteiger partial charge in [0.25, 0.3) is 5.91 Å². The molecule has 2 aromatic rings. The number of aromatic nitrogens is 2. The molecule has 94 valence electrons. The maximum Gasteiger partial charge on any atom is 0.257 e. The molecule has 0 aliphatic carbocycles. The average molecular weight is 359 g/mol. The van der Waals surface area contributed by atoms with Crippen LogP contribution in [-0.2, 0) is 6.42 Å². The number of carbonyl (C=O) groups is 1. The number of nitrogens with zero attached hydrogens (tertiary/aromatic N) is 1. The fraction of sp³-hybridized carbons (Fsp3) is 0.167. The van der Waals surface area contributed by atoms with Crippen molar-refractivity contribution >= 4 is 34.3 Å². The number of amides is 1. The summed E-state index contributed by atoms with van der Waals surface area (Å²) >= 11 is 1.93. The summed E-state index contributed by atoms with van der Waals surface area (Å²) in [6, 6.07) is 4.06. The Balaban J connectivity index is 2.22. The van der Waals surface area contributed by atoms with Crippen LogP contribution < -0.4 is 5.32 Å². The van der Waals surface area contributed by atoms with Gasteiger partial charge in [-0.2, -0.15) is 5.10 Å². The van der Waals surface area contributed by atoms with Crippen molar-refractivity contribution < 1.29 is 9.18 Å². The summed E-state index contributed by atoms with van der Waals surface area (Å²) in [5.41, 5.74) is 1.37. The lowest BCUT2D eigenvalue weighted by molar-refractivity contribution is 0.102. The summed E-state index contributed by atoms with van der Waals surface area (Å²) in [5, 5.41) is 9.34. The zero-order valence-electron chi connectivity index (χ0n) is 9.63. The van der Waals surface area contributed by atoms with Gasteiger partial charge in [-0.3, -0.25) is 9.89 Å². The van der Waals surface area contributed by atoms with Crippen LogP contribution in [0, 0.1) is 9.39 Å². The van der Waals surface area contributed by atoms with Gasteiger partial charge in [-0.25, -0.2) is 4.39 Å². The van der Waals surface area contributed by atoms with Crippen molar-refractivity contribution in [2.45, 2.75) is 13.3 Å². The van der Waals surface area contributed by atoms with Crippen LogP contribution in [0.4, 0.5) is 10.2 Å². The van der Waals surface area contributed by atoms with E-state index >= 15 is 0 Å². The number of H-pyrrole nitrogens is 1. The van der Waals surface area contributed by atoms with Crippen LogP contribution in [-0.4, -0.2) is 16.1 Å². The number of aryl methyl sites for hydroxylation is 1. The van der Waals surface area contributed by atoms with Crippen molar-refractivity contribution in [1.82, 2.24) is 10.2 Å². The molecular formula is C12H11FIN3O. The summed E-state index contributed by atoms with van der Waals surface area (Å²) in [6.45, 7) is 1.97. The molecular weight excluding hydrogens is 348 g/mol. The van der Waals surface area contributed by atoms with Crippen LogP contribution in [0.25, 0.3) is 0 Å². The van der Waals surface area contributed by atoms with E-state index in [0.717, 1.165) is 12.0 Å². The second kappa shape index (κ2) is 5.47. The normalized spacial score (nSPS) is 10.4. The first-order chi connectivity index (χ1) is 8.61. The smallest absolute Gasteiger partial charge is 0.257 e. The molecule has 2 rings (SSSR count). The molecule has 0 aliphatic heterocycles. The SMILES string of the molecule is CCc1cn[nH]c1NC(=O)c1ccc(F)cc1I. The summed E-state index contributed by atoms with van der Waals surface area (Å²) < 4.78 is 13.5. The van der Waals surface area contributed by atoms with Crippen LogP contribution in [0.1, 0.15) is 22.8 Å². The van der Waals surface area contributed by atoms with Gasteiger partial charge in [0.05, 0.1) is 11.8 Å². The first-order valence-electron chi connectivity index (χ1n) is 5.40. The number of halogens is 2. The van der Waals surface area contributed by atoms with Crippen LogP contribution in [0.3, 0.4) is 0 Å². The number of hydrogen-bond acceptors (Lipinski definition) is 2. The van der Waals surface area contributed by atoms with E-state index in [9.17, 15) is 9.18 Å². The van der Waals surface area contributed by atoms with Gasteiger partial charge in [-0.15, -0.1) is 0 Å². The molecule has 1 aromatic carbocycles. The quantitative estimate of drug-likeness (QED) is 0.828. The number of carbonyl (C=O) groups excluding carboxylic acids is 1. The van der Waals surface area contributed by atoms with Gasteiger partial charge in [0.15, 0.2) is 0 Å². The molecule has 0 bridgehead atoms. The second-order valence-electron chi connectivity index (χ2n) is 3.70. The fourth-order valence-electron chi connectivity index (χ4n) is 1.54. The highest BCUT2D eigenvalue weighted by Crippen LogP contribution is 2.17. The number of aromatic amines is 1. The van der Waals surface area contributed by atoms with Crippen molar-refractivity contribution in [2.24, 2.45) is 0 Å². The maximum absolute atomic E-state index is 13.0. The summed E-state index contributed by atoms with van der Waals surface area (Å²) in [6.07, 6.45) is 2.44. The highest BCUT2D eigenvalue weighted by Gasteiger charge is 2.13. The van der Waals surface area contributed by atoms with Gasteiger partial charge in [-0.1, -0.05) is 6.92 Å². The highest BCUT2D eigenvalue weighted by atomic mass is 127. The van der Waals surface area contributed by atoms with E-state index in [-0.39, 0.29) is 11.7 Å². The molecule has 1 amide bonds. The largest absolute Gasteiger partial charge is 0.307 e. The molecule has 6 heteroatoms. The molecule has 1 aromatic heterocycles. The van der Waals surface area contributed by atoms with Gasteiger partial charge in [0, 0.05) is 9.13 Å². The summed E-state index contributed by atoms with van der Waals surface area (Å²) in [5.74, 6) is -0.0484. The van der Waals surface area contributed by atoms with Crippen molar-refractivity contribution in [2.75, 3.05) is 5.32 Å². The summed E-state index contributed by atoms with van der Waals surface area (Å²) in [7, 11) is 0. The van der Waals surface area contributed by atoms with Gasteiger partial charge in [0.1, 0.15) is 11.6 Å². The van der Waals surface area contributed by atoms with E-state index in [1.54, 1.807) is 6.20 Å². The molecule has 4 nitrogen and oxygen atoms in total. The molecule has 0 radical (unpaired) electrons. The minimum atomic E-state index is -0.355. The van der Waals surface area contributed by atoms with Gasteiger partial charge < -0.3 is 5.32 Å². The average Bonchev–Trinajstić information content (AvgIpc) is 2.76. The van der Waals surface area contributed by atoms with E-state index in [4.69, 9.17) is 0 Å². The second-order valence-corrected chi connectivity index (χ2v) is 4.86. The highest BCUT2D eigenvalue weighted by molar-refractivity contribution is 14.1. The van der Waals surface area contributed by atoms with Gasteiger partial charge in [0.2, 0.25) is 0 Å². The molecule has 0 aliphatic rings. The predicted molar refractivity (Wildman–Crippen MR) is 75.0 cm³/mol. The van der Waals surface area contributed by atoms with Gasteiger partial charge in [-0.05, 0) is 47.2 Å². The number of rotatable bonds is 3. The van der Waals surface area contributed by atoms with E-state index in [1.807, 2.05) is 29.5 Å². The van der Waals surface area contributed by atoms with Crippen LogP contribution in [0.5, 0.6) is 0 Å². The molecule has 18 heavy (non-hydrogen) atoms. The third-order valence-electron chi connectivity index (χ3n) is 2.51. The number of benzene rings is 1. The van der Waals surface area contributed by atoms with Crippen LogP contribution in [0.15, 0.2) is 24.4 Å². The van der Waals surface area contributed by atoms with Crippen LogP contribution >= 0.6 is 22.6 Å². The Bertz CT molecular complexity index is 582. The zero-order chi connectivity index (χ0) is 13.1. The van der Waals surface area contributed by atoms with E-state index < -0.39 is 0 Å². The minimum absolute atomic E-state index is 0.279. The van der Waals surface area contributed by atoms with Gasteiger partial charge >= 0.3 is 0 Å². The Morgan fingerprint density at radius 3 is 3.00 bits per heavy atom. The first kappa shape index (κ1) is 13.0. The molecule has 1 heterocycles. The van der Waals surface area contributed by atoms with Crippen molar-refractivity contribution in [3.63, 3.8) is 0 Å². The molecule has 2 N–H and O–H groups in total. The Hall–Kier alpha value is -1.44. The fourth-order valence-corrected chi connectivity index (χ4v) is 2.26. The number of hydrogen-bond donors (Lipinski definition) is 2. The van der Waals surface area contributed by atoms with Crippen molar-refractivity contribution in [3.05, 3.63) is 44.9 Å². The van der Waals surface area contributed by atoms with E-state index in [0.29, 0.717) is 15.0 Å². The number of anilines is 1. The molecule has 0 saturated carbocycles. The lowest BCUT2D eigenvalue weighted by Gasteiger charge is -2.06. The first-order valence-corrected chi connectivity index (χ1v) is 6.48. The monoisotopic (exact) mass is 359 g/mol. The van der Waals surface area contributed by atoms with E-state index in [1.165, 1.54) is 18.2 Å². The maximum atomic E-state index is 13.0. The standard InChI is InChI=1S/C12H11FIN3O/c1-2-7-6-15-17-11(7)16-12(18)9-4-3-8(13)5-10(9)14/h3-6H,2H2,1H3,(H2,15,16,17,18). The molecule has 0 saturated heterocycles. The lowest BCUT2D eigenvalue weighted by atomic mass is 10.2. The molecule has 0 atom stereocenters. The van der Waals surface area contributed by atoms with Crippen LogP contribution in [0.2, 0.25) is 0 Å². The Kier molecular flexibility index (Phi) is 3.95. The lowest BCUT2D eigenvalue weighted by Crippen LogP contribution is -2.14. The van der Waals surface area contributed by atoms with Crippen molar-refractivity contribution in [3.8, 4) is 0 Å². The van der Waals surface area contributed by atoms with E-state index in [2.05, 4.69) is 15.5 Å². The molecule has 0 fully saturated rings. The third-order valence-corrected chi connectivity index (χ3v) is 3.41. The topological polar surface area (TPSA) is 57.8 Å². The Labute approximate surface area is 117 Å². The number of nitrogens with one attached hydrogen (secondary N) is 2. The van der Waals surface area contributed by atoms with Crippen molar-refractivity contribution in [1.29, 1.82) is 0 Å². The predicted octanol–water partition coefficient (Wildman–Crippen LogP) is 2.97. The third kappa shape index (κ3) is 2.69. The minimum Gasteiger partial charge on any atom is -0.307 e. The Morgan fingerprint density at radius 1 is 1.56 bits per heavy atom. The summed E-state index contributed by atoms with van der Waals surface area (Å²) in [4.78, 5) is 12.0. The molecule has 0 spiro atoms. The Morgan fingerprint density at radius 2 is 2.33 bits per heavy atom.